The van der Waals surface area contributed by atoms with Crippen molar-refractivity contribution in [3.63, 3.8) is 0 Å². The van der Waals surface area contributed by atoms with Crippen LogP contribution >= 0.6 is 0 Å². The van der Waals surface area contributed by atoms with Gasteiger partial charge in [-0.25, -0.2) is 0 Å². The standard InChI is InChI=1S/C24H42NO3/c1-24(2)23(20-6-9-25(24,3)10-7-20)8-11-26-12-13-27-14-15-28-18-22-17-19-4-5-21(22)16-19/h4-5,19-23H,6-18H2,1-3H3/q+1. The van der Waals surface area contributed by atoms with E-state index < -0.39 is 0 Å². The molecular formula is C24H42NO3+. The molecule has 0 amide bonds. The van der Waals surface area contributed by atoms with Gasteiger partial charge >= 0.3 is 0 Å². The molecule has 4 heteroatoms. The minimum Gasteiger partial charge on any atom is -0.379 e. The zero-order chi connectivity index (χ0) is 19.6. The summed E-state index contributed by atoms with van der Waals surface area (Å²) < 4.78 is 18.7. The Kier molecular flexibility index (Phi) is 6.51. The molecule has 0 N–H and O–H groups in total. The Morgan fingerprint density at radius 3 is 2.21 bits per heavy atom. The lowest BCUT2D eigenvalue weighted by Crippen LogP contribution is -2.71. The lowest BCUT2D eigenvalue weighted by Gasteiger charge is -2.61. The Hall–Kier alpha value is -0.420. The van der Waals surface area contributed by atoms with Gasteiger partial charge in [0.15, 0.2) is 0 Å². The maximum absolute atomic E-state index is 5.91. The molecule has 3 heterocycles. The molecule has 3 aliphatic heterocycles. The molecule has 160 valence electrons. The van der Waals surface area contributed by atoms with Gasteiger partial charge in [-0.1, -0.05) is 12.2 Å². The van der Waals surface area contributed by atoms with E-state index in [2.05, 4.69) is 33.0 Å². The lowest BCUT2D eigenvalue weighted by atomic mass is 9.64. The molecule has 0 spiro atoms. The molecule has 5 rings (SSSR count). The number of quaternary nitrogens is 1. The van der Waals surface area contributed by atoms with Gasteiger partial charge in [-0.15, -0.1) is 0 Å². The molecule has 1 saturated carbocycles. The molecule has 0 radical (unpaired) electrons. The zero-order valence-electron chi connectivity index (χ0n) is 18.4. The number of allylic oxidation sites excluding steroid dienone is 2. The first-order valence-corrected chi connectivity index (χ1v) is 11.8. The Balaban J connectivity index is 1.01. The smallest absolute Gasteiger partial charge is 0.0965 e. The Labute approximate surface area is 172 Å². The fourth-order valence-corrected chi connectivity index (χ4v) is 6.67. The van der Waals surface area contributed by atoms with Gasteiger partial charge < -0.3 is 18.7 Å². The number of ether oxygens (including phenoxy) is 3. The van der Waals surface area contributed by atoms with Crippen molar-refractivity contribution in [1.29, 1.82) is 0 Å². The molecule has 4 fully saturated rings. The highest BCUT2D eigenvalue weighted by atomic mass is 16.5. The van der Waals surface area contributed by atoms with Crippen molar-refractivity contribution in [3.8, 4) is 0 Å². The summed E-state index contributed by atoms with van der Waals surface area (Å²) in [7, 11) is 2.47. The van der Waals surface area contributed by atoms with Crippen LogP contribution in [0.25, 0.3) is 0 Å². The normalized spacial score (nSPS) is 40.5. The first-order valence-electron chi connectivity index (χ1n) is 11.8. The largest absolute Gasteiger partial charge is 0.379 e. The first-order chi connectivity index (χ1) is 13.5. The summed E-state index contributed by atoms with van der Waals surface area (Å²) in [5.74, 6) is 4.08. The quantitative estimate of drug-likeness (QED) is 0.303. The van der Waals surface area contributed by atoms with Gasteiger partial charge in [0.2, 0.25) is 0 Å². The van der Waals surface area contributed by atoms with Crippen LogP contribution in [0.15, 0.2) is 12.2 Å². The van der Waals surface area contributed by atoms with E-state index in [0.29, 0.717) is 32.0 Å². The van der Waals surface area contributed by atoms with E-state index in [4.69, 9.17) is 14.2 Å². The Morgan fingerprint density at radius 2 is 1.57 bits per heavy atom. The summed E-state index contributed by atoms with van der Waals surface area (Å²) >= 11 is 0. The summed E-state index contributed by atoms with van der Waals surface area (Å²) in [6, 6.07) is 0. The van der Waals surface area contributed by atoms with Crippen LogP contribution in [0.5, 0.6) is 0 Å². The third-order valence-electron chi connectivity index (χ3n) is 8.92. The molecule has 4 bridgehead atoms. The molecular weight excluding hydrogens is 350 g/mol. The van der Waals surface area contributed by atoms with Gasteiger partial charge in [-0.3, -0.25) is 0 Å². The molecule has 4 nitrogen and oxygen atoms in total. The third-order valence-corrected chi connectivity index (χ3v) is 8.92. The van der Waals surface area contributed by atoms with Crippen molar-refractivity contribution in [2.75, 3.05) is 59.8 Å². The van der Waals surface area contributed by atoms with Crippen LogP contribution in [0.2, 0.25) is 0 Å². The zero-order valence-corrected chi connectivity index (χ0v) is 18.4. The minimum absolute atomic E-state index is 0.396. The lowest BCUT2D eigenvalue weighted by molar-refractivity contribution is -0.976. The second-order valence-electron chi connectivity index (χ2n) is 10.6. The number of nitrogens with zero attached hydrogens (tertiary/aromatic N) is 1. The molecule has 0 aromatic rings. The van der Waals surface area contributed by atoms with Gasteiger partial charge in [0.05, 0.1) is 58.7 Å². The van der Waals surface area contributed by atoms with Crippen LogP contribution in [0.4, 0.5) is 0 Å². The van der Waals surface area contributed by atoms with Crippen molar-refractivity contribution in [1.82, 2.24) is 0 Å². The van der Waals surface area contributed by atoms with Crippen LogP contribution in [0.3, 0.4) is 0 Å². The summed E-state index contributed by atoms with van der Waals surface area (Å²) in [4.78, 5) is 0. The third kappa shape index (κ3) is 4.21. The molecule has 3 saturated heterocycles. The number of hydrogen-bond donors (Lipinski definition) is 0. The van der Waals surface area contributed by atoms with Gasteiger partial charge in [-0.2, -0.15) is 0 Å². The Bertz CT molecular complexity index is 538. The van der Waals surface area contributed by atoms with Crippen molar-refractivity contribution < 1.29 is 18.7 Å². The minimum atomic E-state index is 0.396. The predicted molar refractivity (Wildman–Crippen MR) is 112 cm³/mol. The van der Waals surface area contributed by atoms with Crippen LogP contribution in [0.1, 0.15) is 46.0 Å². The average Bonchev–Trinajstić information content (AvgIpc) is 3.29. The first kappa shape index (κ1) is 20.8. The van der Waals surface area contributed by atoms with Gasteiger partial charge in [0.25, 0.3) is 0 Å². The summed E-state index contributed by atoms with van der Waals surface area (Å²) in [6.07, 6.45) is 11.5. The summed E-state index contributed by atoms with van der Waals surface area (Å²) in [5, 5.41) is 0. The highest BCUT2D eigenvalue weighted by Crippen LogP contribution is 2.49. The Morgan fingerprint density at radius 1 is 0.893 bits per heavy atom. The summed E-state index contributed by atoms with van der Waals surface area (Å²) in [5.41, 5.74) is 0.396. The van der Waals surface area contributed by atoms with E-state index in [1.54, 1.807) is 0 Å². The predicted octanol–water partition coefficient (Wildman–Crippen LogP) is 3.90. The maximum atomic E-state index is 5.91. The van der Waals surface area contributed by atoms with Gasteiger partial charge in [0.1, 0.15) is 0 Å². The van der Waals surface area contributed by atoms with Crippen LogP contribution < -0.4 is 0 Å². The molecule has 2 aliphatic carbocycles. The van der Waals surface area contributed by atoms with Crippen LogP contribution in [-0.4, -0.2) is 69.8 Å². The molecule has 4 atom stereocenters. The summed E-state index contributed by atoms with van der Waals surface area (Å²) in [6.45, 7) is 12.3. The van der Waals surface area contributed by atoms with Gasteiger partial charge in [-0.05, 0) is 56.8 Å². The topological polar surface area (TPSA) is 27.7 Å². The molecule has 0 aromatic carbocycles. The molecule has 0 aromatic heterocycles. The van der Waals surface area contributed by atoms with E-state index in [1.165, 1.54) is 49.7 Å². The highest BCUT2D eigenvalue weighted by molar-refractivity contribution is 5.09. The maximum Gasteiger partial charge on any atom is 0.0965 e. The van der Waals surface area contributed by atoms with Gasteiger partial charge in [0, 0.05) is 25.4 Å². The van der Waals surface area contributed by atoms with E-state index in [1.807, 2.05) is 0 Å². The number of fused-ring (bicyclic) bond motifs is 5. The van der Waals surface area contributed by atoms with Crippen molar-refractivity contribution in [2.45, 2.75) is 51.5 Å². The van der Waals surface area contributed by atoms with E-state index in [9.17, 15) is 0 Å². The fourth-order valence-electron chi connectivity index (χ4n) is 6.67. The molecule has 28 heavy (non-hydrogen) atoms. The van der Waals surface area contributed by atoms with E-state index in [0.717, 1.165) is 42.8 Å². The SMILES string of the molecule is CC1(C)C(CCOCCOCCOCC2CC3C=CC2C3)C2CC[N+]1(C)CC2. The number of rotatable bonds is 11. The van der Waals surface area contributed by atoms with Crippen molar-refractivity contribution in [3.05, 3.63) is 12.2 Å². The highest BCUT2D eigenvalue weighted by Gasteiger charge is 2.56. The van der Waals surface area contributed by atoms with Crippen molar-refractivity contribution in [2.24, 2.45) is 29.6 Å². The fraction of sp³-hybridized carbons (Fsp3) is 0.917. The molecule has 4 unspecified atom stereocenters. The van der Waals surface area contributed by atoms with E-state index in [-0.39, 0.29) is 0 Å². The van der Waals surface area contributed by atoms with Crippen LogP contribution in [0, 0.1) is 29.6 Å². The van der Waals surface area contributed by atoms with Crippen LogP contribution in [-0.2, 0) is 14.2 Å². The number of piperidine rings is 3. The second kappa shape index (κ2) is 8.75. The van der Waals surface area contributed by atoms with E-state index >= 15 is 0 Å². The molecule has 5 aliphatic rings. The second-order valence-corrected chi connectivity index (χ2v) is 10.6. The number of hydrogen-bond acceptors (Lipinski definition) is 3. The monoisotopic (exact) mass is 392 g/mol. The average molecular weight is 393 g/mol. The van der Waals surface area contributed by atoms with Crippen molar-refractivity contribution >= 4 is 0 Å².